The summed E-state index contributed by atoms with van der Waals surface area (Å²) >= 11 is 1.35. The van der Waals surface area contributed by atoms with Gasteiger partial charge in [-0.15, -0.1) is 11.8 Å². The third-order valence-electron chi connectivity index (χ3n) is 1.50. The van der Waals surface area contributed by atoms with Gasteiger partial charge in [0.1, 0.15) is 11.8 Å². The van der Waals surface area contributed by atoms with Gasteiger partial charge in [-0.1, -0.05) is 0 Å². The van der Waals surface area contributed by atoms with Crippen LogP contribution in [0.25, 0.3) is 0 Å². The number of pyridine rings is 1. The molecule has 0 unspecified atom stereocenters. The fraction of sp³-hybridized carbons (Fsp3) is 0.250. The van der Waals surface area contributed by atoms with Crippen LogP contribution in [0.3, 0.4) is 0 Å². The second-order valence-corrected chi connectivity index (χ2v) is 3.16. The standard InChI is InChI=1S/C8H7FN2OS/c1-13-5-11-6(4-10)2-3-7(9)8(11)12/h2-3H,5H2,1H3. The molecule has 0 saturated heterocycles. The number of hydrogen-bond acceptors (Lipinski definition) is 3. The SMILES string of the molecule is CSCn1c(C#N)ccc(F)c1=O. The lowest BCUT2D eigenvalue weighted by Crippen LogP contribution is -2.23. The number of nitriles is 1. The molecule has 0 aromatic carbocycles. The summed E-state index contributed by atoms with van der Waals surface area (Å²) in [6.45, 7) is 0. The second-order valence-electron chi connectivity index (χ2n) is 2.33. The second kappa shape index (κ2) is 4.10. The molecule has 1 heterocycles. The summed E-state index contributed by atoms with van der Waals surface area (Å²) in [5.41, 5.74) is -0.561. The largest absolute Gasteiger partial charge is 0.288 e. The van der Waals surface area contributed by atoms with Crippen LogP contribution in [0.15, 0.2) is 16.9 Å². The molecular formula is C8H7FN2OS. The fourth-order valence-corrected chi connectivity index (χ4v) is 1.42. The Morgan fingerprint density at radius 2 is 2.38 bits per heavy atom. The van der Waals surface area contributed by atoms with Crippen molar-refractivity contribution in [2.24, 2.45) is 0 Å². The lowest BCUT2D eigenvalue weighted by atomic mass is 10.3. The van der Waals surface area contributed by atoms with Gasteiger partial charge in [0.05, 0.1) is 5.88 Å². The molecule has 0 saturated carbocycles. The summed E-state index contributed by atoms with van der Waals surface area (Å²) in [4.78, 5) is 11.2. The minimum absolute atomic E-state index is 0.181. The van der Waals surface area contributed by atoms with Crippen LogP contribution in [0, 0.1) is 17.1 Å². The monoisotopic (exact) mass is 198 g/mol. The normalized spacial score (nSPS) is 9.62. The summed E-state index contributed by atoms with van der Waals surface area (Å²) in [7, 11) is 0. The molecule has 0 atom stereocenters. The first-order chi connectivity index (χ1) is 6.20. The first kappa shape index (κ1) is 9.81. The first-order valence-corrected chi connectivity index (χ1v) is 4.88. The zero-order chi connectivity index (χ0) is 9.84. The van der Waals surface area contributed by atoms with E-state index in [1.807, 2.05) is 6.07 Å². The van der Waals surface area contributed by atoms with Crippen molar-refractivity contribution in [1.82, 2.24) is 4.57 Å². The quantitative estimate of drug-likeness (QED) is 0.716. The predicted octanol–water partition coefficient (Wildman–Crippen LogP) is 1.18. The Morgan fingerprint density at radius 1 is 1.69 bits per heavy atom. The van der Waals surface area contributed by atoms with Crippen LogP contribution in [0.5, 0.6) is 0 Å². The highest BCUT2D eigenvalue weighted by Gasteiger charge is 2.06. The van der Waals surface area contributed by atoms with E-state index in [1.165, 1.54) is 17.8 Å². The van der Waals surface area contributed by atoms with Crippen molar-refractivity contribution in [3.8, 4) is 6.07 Å². The molecule has 68 valence electrons. The number of aromatic nitrogens is 1. The van der Waals surface area contributed by atoms with Crippen LogP contribution in [-0.2, 0) is 5.88 Å². The summed E-state index contributed by atoms with van der Waals surface area (Å²) < 4.78 is 13.9. The molecule has 0 fully saturated rings. The maximum atomic E-state index is 12.8. The van der Waals surface area contributed by atoms with Gasteiger partial charge in [0.25, 0.3) is 5.56 Å². The van der Waals surface area contributed by atoms with Crippen molar-refractivity contribution in [1.29, 1.82) is 5.26 Å². The van der Waals surface area contributed by atoms with Gasteiger partial charge in [0.15, 0.2) is 5.82 Å². The van der Waals surface area contributed by atoms with E-state index in [0.717, 1.165) is 10.6 Å². The summed E-state index contributed by atoms with van der Waals surface area (Å²) in [6.07, 6.45) is 1.78. The maximum absolute atomic E-state index is 12.8. The lowest BCUT2D eigenvalue weighted by Gasteiger charge is -2.04. The van der Waals surface area contributed by atoms with E-state index in [0.29, 0.717) is 5.88 Å². The Bertz CT molecular complexity index is 408. The van der Waals surface area contributed by atoms with Crippen molar-refractivity contribution in [2.75, 3.05) is 6.26 Å². The smallest absolute Gasteiger partial charge is 0.287 e. The molecule has 1 aromatic heterocycles. The Hall–Kier alpha value is -1.28. The molecule has 0 spiro atoms. The van der Waals surface area contributed by atoms with E-state index < -0.39 is 11.4 Å². The van der Waals surface area contributed by atoms with Crippen molar-refractivity contribution in [2.45, 2.75) is 5.88 Å². The fourth-order valence-electron chi connectivity index (χ4n) is 0.907. The van der Waals surface area contributed by atoms with Crippen LogP contribution < -0.4 is 5.56 Å². The number of nitrogens with zero attached hydrogens (tertiary/aromatic N) is 2. The molecule has 13 heavy (non-hydrogen) atoms. The van der Waals surface area contributed by atoms with Gasteiger partial charge in [-0.3, -0.25) is 9.36 Å². The molecule has 0 aliphatic rings. The lowest BCUT2D eigenvalue weighted by molar-refractivity contribution is 0.587. The highest BCUT2D eigenvalue weighted by atomic mass is 32.2. The van der Waals surface area contributed by atoms with Crippen molar-refractivity contribution >= 4 is 11.8 Å². The van der Waals surface area contributed by atoms with E-state index in [4.69, 9.17) is 5.26 Å². The first-order valence-electron chi connectivity index (χ1n) is 3.49. The zero-order valence-corrected chi connectivity index (χ0v) is 7.77. The minimum Gasteiger partial charge on any atom is -0.287 e. The topological polar surface area (TPSA) is 45.8 Å². The summed E-state index contributed by atoms with van der Waals surface area (Å²) in [5.74, 6) is -0.535. The van der Waals surface area contributed by atoms with Crippen LogP contribution in [-0.4, -0.2) is 10.8 Å². The van der Waals surface area contributed by atoms with Crippen LogP contribution >= 0.6 is 11.8 Å². The maximum Gasteiger partial charge on any atom is 0.288 e. The molecular weight excluding hydrogens is 191 g/mol. The summed E-state index contributed by atoms with van der Waals surface area (Å²) in [5, 5.41) is 8.62. The Kier molecular flexibility index (Phi) is 3.09. The molecule has 0 amide bonds. The van der Waals surface area contributed by atoms with Gasteiger partial charge >= 0.3 is 0 Å². The Morgan fingerprint density at radius 3 is 2.92 bits per heavy atom. The number of thioether (sulfide) groups is 1. The van der Waals surface area contributed by atoms with E-state index >= 15 is 0 Å². The van der Waals surface area contributed by atoms with Crippen molar-refractivity contribution in [3.05, 3.63) is 34.0 Å². The number of hydrogen-bond donors (Lipinski definition) is 0. The van der Waals surface area contributed by atoms with E-state index in [2.05, 4.69) is 0 Å². The van der Waals surface area contributed by atoms with E-state index in [9.17, 15) is 9.18 Å². The molecule has 0 aliphatic heterocycles. The molecule has 1 aromatic rings. The summed E-state index contributed by atoms with van der Waals surface area (Å²) in [6, 6.07) is 4.14. The van der Waals surface area contributed by atoms with Crippen molar-refractivity contribution in [3.63, 3.8) is 0 Å². The third kappa shape index (κ3) is 1.90. The average molecular weight is 198 g/mol. The van der Waals surface area contributed by atoms with Crippen LogP contribution in [0.4, 0.5) is 4.39 Å². The Balaban J connectivity index is 3.35. The molecule has 0 N–H and O–H groups in total. The van der Waals surface area contributed by atoms with Gasteiger partial charge in [0, 0.05) is 0 Å². The average Bonchev–Trinajstić information content (AvgIpc) is 2.14. The third-order valence-corrected chi connectivity index (χ3v) is 2.02. The van der Waals surface area contributed by atoms with Gasteiger partial charge < -0.3 is 0 Å². The zero-order valence-electron chi connectivity index (χ0n) is 6.95. The van der Waals surface area contributed by atoms with Crippen LogP contribution in [0.1, 0.15) is 5.69 Å². The molecule has 5 heteroatoms. The Labute approximate surface area is 78.8 Å². The van der Waals surface area contributed by atoms with Crippen LogP contribution in [0.2, 0.25) is 0 Å². The predicted molar refractivity (Wildman–Crippen MR) is 48.9 cm³/mol. The van der Waals surface area contributed by atoms with Gasteiger partial charge in [-0.2, -0.15) is 5.26 Å². The highest BCUT2D eigenvalue weighted by molar-refractivity contribution is 7.97. The number of halogens is 1. The van der Waals surface area contributed by atoms with Crippen molar-refractivity contribution < 1.29 is 4.39 Å². The molecule has 0 aliphatic carbocycles. The van der Waals surface area contributed by atoms with Gasteiger partial charge in [-0.25, -0.2) is 4.39 Å². The molecule has 1 rings (SSSR count). The highest BCUT2D eigenvalue weighted by Crippen LogP contribution is 2.02. The number of rotatable bonds is 2. The molecule has 0 radical (unpaired) electrons. The van der Waals surface area contributed by atoms with E-state index in [1.54, 1.807) is 6.26 Å². The van der Waals surface area contributed by atoms with Gasteiger partial charge in [0.2, 0.25) is 0 Å². The minimum atomic E-state index is -0.826. The molecule has 3 nitrogen and oxygen atoms in total. The molecule has 0 bridgehead atoms. The van der Waals surface area contributed by atoms with E-state index in [-0.39, 0.29) is 5.69 Å². The van der Waals surface area contributed by atoms with Gasteiger partial charge in [-0.05, 0) is 18.4 Å².